The number of primary amides is 2. The lowest BCUT2D eigenvalue weighted by atomic mass is 9.97. The summed E-state index contributed by atoms with van der Waals surface area (Å²) < 4.78 is 0. The predicted octanol–water partition coefficient (Wildman–Crippen LogP) is 0.745. The summed E-state index contributed by atoms with van der Waals surface area (Å²) in [6.07, 6.45) is 1.07. The molecule has 0 unspecified atom stereocenters. The van der Waals surface area contributed by atoms with E-state index in [1.807, 2.05) is 6.92 Å². The number of nitrogens with two attached hydrogens (primary N) is 2. The lowest BCUT2D eigenvalue weighted by Crippen LogP contribution is -2.22. The Morgan fingerprint density at radius 1 is 1.28 bits per heavy atom. The molecule has 0 saturated carbocycles. The normalized spacial score (nSPS) is 10.1. The zero-order chi connectivity index (χ0) is 13.9. The molecule has 0 atom stereocenters. The number of aryl methyl sites for hydroxylation is 1. The molecular weight excluding hydrogens is 238 g/mol. The van der Waals surface area contributed by atoms with E-state index >= 15 is 0 Å². The molecule has 0 aliphatic carbocycles. The smallest absolute Gasteiger partial charge is 0.286 e. The number of nitro benzene ring substituents is 1. The molecular formula is C11H13N3O4. The summed E-state index contributed by atoms with van der Waals surface area (Å²) in [6.45, 7) is 1.84. The number of hydrogen-bond acceptors (Lipinski definition) is 4. The maximum atomic E-state index is 11.3. The maximum absolute atomic E-state index is 11.3. The maximum Gasteiger partial charge on any atom is 0.286 e. The van der Waals surface area contributed by atoms with E-state index in [2.05, 4.69) is 0 Å². The van der Waals surface area contributed by atoms with Gasteiger partial charge in [-0.25, -0.2) is 0 Å². The van der Waals surface area contributed by atoms with Gasteiger partial charge in [0, 0.05) is 5.56 Å². The fraction of sp³-hybridized carbons (Fsp3) is 0.273. The molecule has 96 valence electrons. The van der Waals surface area contributed by atoms with Crippen molar-refractivity contribution in [1.29, 1.82) is 0 Å². The quantitative estimate of drug-likeness (QED) is 0.590. The van der Waals surface area contributed by atoms with Crippen molar-refractivity contribution in [3.63, 3.8) is 0 Å². The van der Waals surface area contributed by atoms with E-state index in [4.69, 9.17) is 11.5 Å². The van der Waals surface area contributed by atoms with Gasteiger partial charge < -0.3 is 11.5 Å². The highest BCUT2D eigenvalue weighted by Gasteiger charge is 2.28. The predicted molar refractivity (Wildman–Crippen MR) is 64.1 cm³/mol. The molecule has 4 N–H and O–H groups in total. The molecule has 2 amide bonds. The van der Waals surface area contributed by atoms with Gasteiger partial charge in [-0.1, -0.05) is 19.4 Å². The van der Waals surface area contributed by atoms with Crippen LogP contribution in [0.1, 0.15) is 39.6 Å². The van der Waals surface area contributed by atoms with E-state index < -0.39 is 28.0 Å². The number of rotatable bonds is 5. The number of hydrogen-bond donors (Lipinski definition) is 2. The lowest BCUT2D eigenvalue weighted by Gasteiger charge is -2.08. The van der Waals surface area contributed by atoms with Gasteiger partial charge in [-0.15, -0.1) is 0 Å². The zero-order valence-corrected chi connectivity index (χ0v) is 9.80. The minimum Gasteiger partial charge on any atom is -0.366 e. The van der Waals surface area contributed by atoms with Crippen LogP contribution in [-0.4, -0.2) is 16.7 Å². The molecule has 0 spiro atoms. The first-order chi connectivity index (χ1) is 8.40. The van der Waals surface area contributed by atoms with E-state index in [9.17, 15) is 19.7 Å². The summed E-state index contributed by atoms with van der Waals surface area (Å²) in [4.78, 5) is 32.8. The zero-order valence-electron chi connectivity index (χ0n) is 9.80. The Labute approximate surface area is 103 Å². The molecule has 1 rings (SSSR count). The topological polar surface area (TPSA) is 129 Å². The molecule has 7 nitrogen and oxygen atoms in total. The number of nitro groups is 1. The van der Waals surface area contributed by atoms with Crippen molar-refractivity contribution in [1.82, 2.24) is 0 Å². The highest BCUT2D eigenvalue weighted by molar-refractivity contribution is 6.09. The molecule has 0 saturated heterocycles. The Morgan fingerprint density at radius 2 is 1.89 bits per heavy atom. The van der Waals surface area contributed by atoms with Gasteiger partial charge in [0.15, 0.2) is 0 Å². The number of benzene rings is 1. The summed E-state index contributed by atoms with van der Waals surface area (Å²) >= 11 is 0. The third kappa shape index (κ3) is 2.45. The fourth-order valence-electron chi connectivity index (χ4n) is 1.77. The minimum absolute atomic E-state index is 0.228. The van der Waals surface area contributed by atoms with Crippen LogP contribution in [0.2, 0.25) is 0 Å². The molecule has 0 heterocycles. The average Bonchev–Trinajstić information content (AvgIpc) is 2.27. The van der Waals surface area contributed by atoms with Crippen molar-refractivity contribution >= 4 is 17.5 Å². The number of amides is 2. The lowest BCUT2D eigenvalue weighted by molar-refractivity contribution is -0.385. The highest BCUT2D eigenvalue weighted by atomic mass is 16.6. The van der Waals surface area contributed by atoms with Gasteiger partial charge in [0.25, 0.3) is 11.6 Å². The summed E-state index contributed by atoms with van der Waals surface area (Å²) in [5.74, 6) is -1.96. The second kappa shape index (κ2) is 5.26. The number of carbonyl (C=O) groups is 2. The number of nitrogens with zero attached hydrogens (tertiary/aromatic N) is 1. The molecule has 0 bridgehead atoms. The van der Waals surface area contributed by atoms with Crippen LogP contribution in [0.4, 0.5) is 5.69 Å². The Balaban J connectivity index is 3.65. The summed E-state index contributed by atoms with van der Waals surface area (Å²) in [6, 6.07) is 2.72. The summed E-state index contributed by atoms with van der Waals surface area (Å²) in [7, 11) is 0. The van der Waals surface area contributed by atoms with Crippen LogP contribution < -0.4 is 11.5 Å². The van der Waals surface area contributed by atoms with Gasteiger partial charge in [0.05, 0.1) is 10.5 Å². The van der Waals surface area contributed by atoms with Crippen LogP contribution in [0.25, 0.3) is 0 Å². The fourth-order valence-corrected chi connectivity index (χ4v) is 1.77. The van der Waals surface area contributed by atoms with Crippen molar-refractivity contribution in [2.45, 2.75) is 19.8 Å². The first-order valence-corrected chi connectivity index (χ1v) is 5.30. The molecule has 0 aromatic heterocycles. The van der Waals surface area contributed by atoms with Gasteiger partial charge in [-0.2, -0.15) is 0 Å². The van der Waals surface area contributed by atoms with Gasteiger partial charge in [0.1, 0.15) is 5.56 Å². The van der Waals surface area contributed by atoms with Gasteiger partial charge in [-0.3, -0.25) is 19.7 Å². The third-order valence-corrected chi connectivity index (χ3v) is 2.48. The Kier molecular flexibility index (Phi) is 3.98. The van der Waals surface area contributed by atoms with Gasteiger partial charge in [-0.05, 0) is 12.5 Å². The Morgan fingerprint density at radius 3 is 2.28 bits per heavy atom. The molecule has 0 aliphatic rings. The van der Waals surface area contributed by atoms with E-state index in [1.54, 1.807) is 0 Å². The van der Waals surface area contributed by atoms with Crippen LogP contribution in [-0.2, 0) is 6.42 Å². The first-order valence-electron chi connectivity index (χ1n) is 5.30. The van der Waals surface area contributed by atoms with E-state index in [0.717, 1.165) is 0 Å². The van der Waals surface area contributed by atoms with Gasteiger partial charge >= 0.3 is 0 Å². The van der Waals surface area contributed by atoms with E-state index in [-0.39, 0.29) is 5.56 Å². The monoisotopic (exact) mass is 251 g/mol. The van der Waals surface area contributed by atoms with Crippen molar-refractivity contribution in [2.24, 2.45) is 11.5 Å². The van der Waals surface area contributed by atoms with E-state index in [0.29, 0.717) is 18.4 Å². The van der Waals surface area contributed by atoms with Crippen LogP contribution in [0.5, 0.6) is 0 Å². The number of carbonyl (C=O) groups excluding carboxylic acids is 2. The average molecular weight is 251 g/mol. The molecule has 1 aromatic rings. The minimum atomic E-state index is -1.03. The third-order valence-electron chi connectivity index (χ3n) is 2.48. The Bertz CT molecular complexity index is 525. The van der Waals surface area contributed by atoms with Crippen molar-refractivity contribution < 1.29 is 14.5 Å². The van der Waals surface area contributed by atoms with Gasteiger partial charge in [0.2, 0.25) is 5.91 Å². The van der Waals surface area contributed by atoms with Crippen molar-refractivity contribution in [3.8, 4) is 0 Å². The van der Waals surface area contributed by atoms with Crippen molar-refractivity contribution in [3.05, 3.63) is 38.9 Å². The summed E-state index contributed by atoms with van der Waals surface area (Å²) in [5, 5.41) is 11.0. The molecule has 0 aliphatic heterocycles. The standard InChI is InChI=1S/C11H13N3O4/c1-2-3-6-4-5-7(10(12)15)8(11(13)16)9(6)14(17)18/h4-5H,2-3H2,1H3,(H2,12,15)(H2,13,16). The molecule has 18 heavy (non-hydrogen) atoms. The largest absolute Gasteiger partial charge is 0.366 e. The summed E-state index contributed by atoms with van der Waals surface area (Å²) in [5.41, 5.74) is 9.47. The SMILES string of the molecule is CCCc1ccc(C(N)=O)c(C(N)=O)c1[N+](=O)[O-]. The van der Waals surface area contributed by atoms with Crippen LogP contribution in [0, 0.1) is 10.1 Å². The molecule has 0 radical (unpaired) electrons. The molecule has 7 heteroatoms. The van der Waals surface area contributed by atoms with Crippen LogP contribution in [0.3, 0.4) is 0 Å². The second-order valence-corrected chi connectivity index (χ2v) is 3.73. The van der Waals surface area contributed by atoms with E-state index in [1.165, 1.54) is 12.1 Å². The Hall–Kier alpha value is -2.44. The second-order valence-electron chi connectivity index (χ2n) is 3.73. The molecule has 0 fully saturated rings. The highest BCUT2D eigenvalue weighted by Crippen LogP contribution is 2.27. The molecule has 1 aromatic carbocycles. The van der Waals surface area contributed by atoms with Crippen LogP contribution >= 0.6 is 0 Å². The van der Waals surface area contributed by atoms with Crippen LogP contribution in [0.15, 0.2) is 12.1 Å². The van der Waals surface area contributed by atoms with Crippen molar-refractivity contribution in [2.75, 3.05) is 0 Å². The first kappa shape index (κ1) is 13.6.